The van der Waals surface area contributed by atoms with Gasteiger partial charge in [-0.05, 0) is 25.8 Å². The molecule has 0 saturated heterocycles. The predicted molar refractivity (Wildman–Crippen MR) is 80.0 cm³/mol. The summed E-state index contributed by atoms with van der Waals surface area (Å²) in [7, 11) is 0. The number of amides is 1. The molecule has 0 aliphatic rings. The summed E-state index contributed by atoms with van der Waals surface area (Å²) in [6, 6.07) is 1.79. The van der Waals surface area contributed by atoms with E-state index in [0.717, 1.165) is 25.8 Å². The van der Waals surface area contributed by atoms with Crippen molar-refractivity contribution >= 4 is 29.1 Å². The smallest absolute Gasteiger partial charge is 0.255 e. The normalized spacial score (nSPS) is 12.3. The second kappa shape index (κ2) is 7.71. The lowest BCUT2D eigenvalue weighted by atomic mass is 10.1. The standard InChI is InChI=1S/C14H20Cl2N2O/c1-4-6-7-18(10(3)5-2)14(19)11-8-12(15)13(16)17-9-11/h8-10H,4-7H2,1-3H3. The number of unbranched alkanes of at least 4 members (excludes halogenated alkanes) is 1. The van der Waals surface area contributed by atoms with Crippen LogP contribution in [0.1, 0.15) is 50.4 Å². The lowest BCUT2D eigenvalue weighted by molar-refractivity contribution is 0.0685. The molecule has 0 saturated carbocycles. The second-order valence-electron chi connectivity index (χ2n) is 4.61. The highest BCUT2D eigenvalue weighted by atomic mass is 35.5. The van der Waals surface area contributed by atoms with Gasteiger partial charge in [0.15, 0.2) is 0 Å². The van der Waals surface area contributed by atoms with Gasteiger partial charge in [0.25, 0.3) is 5.91 Å². The molecule has 0 N–H and O–H groups in total. The molecule has 1 amide bonds. The molecule has 1 heterocycles. The van der Waals surface area contributed by atoms with E-state index in [4.69, 9.17) is 23.2 Å². The molecule has 19 heavy (non-hydrogen) atoms. The molecular formula is C14H20Cl2N2O. The van der Waals surface area contributed by atoms with Crippen molar-refractivity contribution in [3.8, 4) is 0 Å². The molecule has 0 bridgehead atoms. The number of carbonyl (C=O) groups excluding carboxylic acids is 1. The zero-order valence-electron chi connectivity index (χ0n) is 11.6. The maximum Gasteiger partial charge on any atom is 0.255 e. The van der Waals surface area contributed by atoms with Gasteiger partial charge in [0.1, 0.15) is 5.15 Å². The van der Waals surface area contributed by atoms with E-state index in [1.165, 1.54) is 6.20 Å². The monoisotopic (exact) mass is 302 g/mol. The Morgan fingerprint density at radius 1 is 1.42 bits per heavy atom. The highest BCUT2D eigenvalue weighted by Gasteiger charge is 2.20. The van der Waals surface area contributed by atoms with Gasteiger partial charge in [-0.25, -0.2) is 4.98 Å². The van der Waals surface area contributed by atoms with Gasteiger partial charge in [-0.1, -0.05) is 43.5 Å². The SMILES string of the molecule is CCCCN(C(=O)c1cnc(Cl)c(Cl)c1)C(C)CC. The van der Waals surface area contributed by atoms with Crippen LogP contribution in [0.25, 0.3) is 0 Å². The Labute approximate surface area is 124 Å². The molecule has 0 fully saturated rings. The molecule has 1 atom stereocenters. The Morgan fingerprint density at radius 3 is 2.63 bits per heavy atom. The highest BCUT2D eigenvalue weighted by Crippen LogP contribution is 2.21. The molecule has 1 unspecified atom stereocenters. The quantitative estimate of drug-likeness (QED) is 0.728. The third-order valence-corrected chi connectivity index (χ3v) is 3.87. The Balaban J connectivity index is 2.94. The average Bonchev–Trinajstić information content (AvgIpc) is 2.41. The lowest BCUT2D eigenvalue weighted by Crippen LogP contribution is -2.39. The van der Waals surface area contributed by atoms with Gasteiger partial charge in [-0.15, -0.1) is 0 Å². The largest absolute Gasteiger partial charge is 0.336 e. The van der Waals surface area contributed by atoms with E-state index in [1.54, 1.807) is 6.07 Å². The summed E-state index contributed by atoms with van der Waals surface area (Å²) in [4.78, 5) is 18.3. The second-order valence-corrected chi connectivity index (χ2v) is 5.37. The van der Waals surface area contributed by atoms with E-state index in [2.05, 4.69) is 25.8 Å². The van der Waals surface area contributed by atoms with E-state index >= 15 is 0 Å². The van der Waals surface area contributed by atoms with E-state index in [9.17, 15) is 4.79 Å². The fourth-order valence-corrected chi connectivity index (χ4v) is 2.04. The molecule has 106 valence electrons. The molecule has 0 radical (unpaired) electrons. The third kappa shape index (κ3) is 4.36. The van der Waals surface area contributed by atoms with Crippen LogP contribution in [-0.2, 0) is 0 Å². The Kier molecular flexibility index (Phi) is 6.59. The van der Waals surface area contributed by atoms with Crippen molar-refractivity contribution in [1.29, 1.82) is 0 Å². The number of rotatable bonds is 6. The summed E-state index contributed by atoms with van der Waals surface area (Å²) in [6.07, 6.45) is 4.45. The molecule has 0 aliphatic carbocycles. The Hall–Kier alpha value is -0.800. The van der Waals surface area contributed by atoms with Crippen LogP contribution in [0.2, 0.25) is 10.2 Å². The number of aromatic nitrogens is 1. The third-order valence-electron chi connectivity index (χ3n) is 3.18. The van der Waals surface area contributed by atoms with Crippen LogP contribution in [0.3, 0.4) is 0 Å². The number of nitrogens with zero attached hydrogens (tertiary/aromatic N) is 2. The van der Waals surface area contributed by atoms with Gasteiger partial charge >= 0.3 is 0 Å². The van der Waals surface area contributed by atoms with E-state index < -0.39 is 0 Å². The summed E-state index contributed by atoms with van der Waals surface area (Å²) in [6.45, 7) is 6.99. The number of carbonyl (C=O) groups is 1. The minimum absolute atomic E-state index is 0.0335. The molecule has 5 heteroatoms. The van der Waals surface area contributed by atoms with Crippen molar-refractivity contribution in [2.75, 3.05) is 6.54 Å². The van der Waals surface area contributed by atoms with Crippen LogP contribution >= 0.6 is 23.2 Å². The molecule has 1 aromatic heterocycles. The fourth-order valence-electron chi connectivity index (χ4n) is 1.77. The van der Waals surface area contributed by atoms with Gasteiger partial charge in [-0.3, -0.25) is 4.79 Å². The van der Waals surface area contributed by atoms with E-state index in [1.807, 2.05) is 4.90 Å². The predicted octanol–water partition coefficient (Wildman–Crippen LogP) is 4.43. The maximum absolute atomic E-state index is 12.5. The number of halogens is 2. The van der Waals surface area contributed by atoms with E-state index in [0.29, 0.717) is 10.6 Å². The highest BCUT2D eigenvalue weighted by molar-refractivity contribution is 6.41. The van der Waals surface area contributed by atoms with Crippen molar-refractivity contribution in [2.24, 2.45) is 0 Å². The fraction of sp³-hybridized carbons (Fsp3) is 0.571. The topological polar surface area (TPSA) is 33.2 Å². The van der Waals surface area contributed by atoms with Gasteiger partial charge in [0, 0.05) is 18.8 Å². The van der Waals surface area contributed by atoms with Crippen LogP contribution in [0, 0.1) is 0 Å². The van der Waals surface area contributed by atoms with E-state index in [-0.39, 0.29) is 17.1 Å². The maximum atomic E-state index is 12.5. The zero-order valence-corrected chi connectivity index (χ0v) is 13.1. The molecule has 3 nitrogen and oxygen atoms in total. The molecule has 1 aromatic rings. The van der Waals surface area contributed by atoms with Gasteiger partial charge < -0.3 is 4.90 Å². The minimum Gasteiger partial charge on any atom is -0.336 e. The molecule has 0 aromatic carbocycles. The molecular weight excluding hydrogens is 283 g/mol. The number of hydrogen-bond acceptors (Lipinski definition) is 2. The van der Waals surface area contributed by atoms with Crippen LogP contribution < -0.4 is 0 Å². The van der Waals surface area contributed by atoms with Crippen molar-refractivity contribution in [3.63, 3.8) is 0 Å². The first-order chi connectivity index (χ1) is 9.01. The number of pyridine rings is 1. The Bertz CT molecular complexity index is 437. The summed E-state index contributed by atoms with van der Waals surface area (Å²) in [5.41, 5.74) is 0.491. The van der Waals surface area contributed by atoms with Crippen molar-refractivity contribution in [3.05, 3.63) is 28.0 Å². The van der Waals surface area contributed by atoms with Crippen molar-refractivity contribution in [1.82, 2.24) is 9.88 Å². The van der Waals surface area contributed by atoms with Gasteiger partial charge in [0.05, 0.1) is 10.6 Å². The Morgan fingerprint density at radius 2 is 2.11 bits per heavy atom. The minimum atomic E-state index is -0.0335. The first-order valence-electron chi connectivity index (χ1n) is 6.63. The number of hydrogen-bond donors (Lipinski definition) is 0. The lowest BCUT2D eigenvalue weighted by Gasteiger charge is -2.28. The first kappa shape index (κ1) is 16.3. The van der Waals surface area contributed by atoms with Crippen LogP contribution in [0.5, 0.6) is 0 Å². The molecule has 0 spiro atoms. The van der Waals surface area contributed by atoms with Crippen LogP contribution in [-0.4, -0.2) is 28.4 Å². The average molecular weight is 303 g/mol. The summed E-state index contributed by atoms with van der Waals surface area (Å²) in [5.74, 6) is -0.0335. The van der Waals surface area contributed by atoms with Gasteiger partial charge in [0.2, 0.25) is 0 Å². The van der Waals surface area contributed by atoms with Crippen LogP contribution in [0.15, 0.2) is 12.3 Å². The first-order valence-corrected chi connectivity index (χ1v) is 7.38. The summed E-state index contributed by atoms with van der Waals surface area (Å²) >= 11 is 11.7. The zero-order chi connectivity index (χ0) is 14.4. The van der Waals surface area contributed by atoms with Crippen molar-refractivity contribution in [2.45, 2.75) is 46.1 Å². The van der Waals surface area contributed by atoms with Gasteiger partial charge in [-0.2, -0.15) is 0 Å². The summed E-state index contributed by atoms with van der Waals surface area (Å²) < 4.78 is 0. The molecule has 0 aliphatic heterocycles. The summed E-state index contributed by atoms with van der Waals surface area (Å²) in [5, 5.41) is 0.536. The van der Waals surface area contributed by atoms with Crippen molar-refractivity contribution < 1.29 is 4.79 Å². The van der Waals surface area contributed by atoms with Crippen LogP contribution in [0.4, 0.5) is 0 Å². The molecule has 1 rings (SSSR count).